The van der Waals surface area contributed by atoms with Crippen molar-refractivity contribution in [3.05, 3.63) is 58.7 Å². The van der Waals surface area contributed by atoms with Gasteiger partial charge in [0.05, 0.1) is 0 Å². The topological polar surface area (TPSA) is 0 Å². The van der Waals surface area contributed by atoms with Crippen molar-refractivity contribution in [2.75, 3.05) is 0 Å². The van der Waals surface area contributed by atoms with Crippen molar-refractivity contribution in [3.63, 3.8) is 0 Å². The van der Waals surface area contributed by atoms with Gasteiger partial charge in [0.2, 0.25) is 0 Å². The van der Waals surface area contributed by atoms with Gasteiger partial charge in [-0.25, -0.2) is 0 Å². The summed E-state index contributed by atoms with van der Waals surface area (Å²) in [5.41, 5.74) is 8.97. The second kappa shape index (κ2) is 4.72. The largest absolute Gasteiger partial charge is 0.0587 e. The van der Waals surface area contributed by atoms with Gasteiger partial charge in [-0.05, 0) is 44.7 Å². The van der Waals surface area contributed by atoms with E-state index in [1.807, 2.05) is 0 Å². The summed E-state index contributed by atoms with van der Waals surface area (Å²) in [4.78, 5) is 0. The predicted molar refractivity (Wildman–Crippen MR) is 96.8 cm³/mol. The van der Waals surface area contributed by atoms with Crippen LogP contribution in [0.1, 0.15) is 76.6 Å². The molecule has 116 valence electrons. The van der Waals surface area contributed by atoms with E-state index >= 15 is 0 Å². The van der Waals surface area contributed by atoms with Gasteiger partial charge in [0, 0.05) is 5.41 Å². The Morgan fingerprint density at radius 1 is 0.818 bits per heavy atom. The molecule has 0 bridgehead atoms. The van der Waals surface area contributed by atoms with Crippen molar-refractivity contribution in [2.24, 2.45) is 0 Å². The fourth-order valence-electron chi connectivity index (χ4n) is 3.58. The quantitative estimate of drug-likeness (QED) is 0.569. The van der Waals surface area contributed by atoms with Crippen LogP contribution >= 0.6 is 0 Å². The molecule has 3 rings (SSSR count). The van der Waals surface area contributed by atoms with Crippen LogP contribution < -0.4 is 0 Å². The maximum atomic E-state index is 2.43. The summed E-state index contributed by atoms with van der Waals surface area (Å²) in [5.74, 6) is 0.579. The molecule has 0 fully saturated rings. The van der Waals surface area contributed by atoms with Crippen LogP contribution in [0.25, 0.3) is 11.1 Å². The molecular formula is C22H28. The Balaban J connectivity index is 2.22. The first-order valence-corrected chi connectivity index (χ1v) is 8.42. The second-order valence-electron chi connectivity index (χ2n) is 8.60. The number of hydrogen-bond acceptors (Lipinski definition) is 0. The van der Waals surface area contributed by atoms with Crippen molar-refractivity contribution in [1.82, 2.24) is 0 Å². The summed E-state index contributed by atoms with van der Waals surface area (Å²) in [6.07, 6.45) is 0. The normalized spacial score (nSPS) is 15.8. The van der Waals surface area contributed by atoms with Gasteiger partial charge in [-0.2, -0.15) is 0 Å². The van der Waals surface area contributed by atoms with E-state index in [-0.39, 0.29) is 10.8 Å². The van der Waals surface area contributed by atoms with Crippen LogP contribution in [-0.2, 0) is 10.8 Å². The summed E-state index contributed by atoms with van der Waals surface area (Å²) in [7, 11) is 0. The number of fused-ring (bicyclic) bond motifs is 3. The Labute approximate surface area is 135 Å². The van der Waals surface area contributed by atoms with E-state index in [4.69, 9.17) is 0 Å². The van der Waals surface area contributed by atoms with Crippen LogP contribution in [0, 0.1) is 0 Å². The first kappa shape index (κ1) is 15.3. The zero-order chi connectivity index (χ0) is 16.3. The second-order valence-corrected chi connectivity index (χ2v) is 8.60. The van der Waals surface area contributed by atoms with Crippen LogP contribution in [0.2, 0.25) is 0 Å². The first-order valence-electron chi connectivity index (χ1n) is 8.42. The minimum absolute atomic E-state index is 0.0941. The molecule has 1 aliphatic rings. The van der Waals surface area contributed by atoms with Crippen LogP contribution in [0.15, 0.2) is 36.4 Å². The van der Waals surface area contributed by atoms with E-state index in [2.05, 4.69) is 84.9 Å². The number of rotatable bonds is 1. The molecule has 2 aromatic rings. The molecule has 0 spiro atoms. The minimum Gasteiger partial charge on any atom is -0.0587 e. The van der Waals surface area contributed by atoms with Gasteiger partial charge in [0.1, 0.15) is 0 Å². The molecule has 0 heteroatoms. The summed E-state index contributed by atoms with van der Waals surface area (Å²) in [6, 6.07) is 14.1. The van der Waals surface area contributed by atoms with E-state index in [1.165, 1.54) is 33.4 Å². The standard InChI is InChI=1S/C22H28/c1-14(2)15-8-10-17-18-11-9-16(21(3,4)5)13-20(18)22(6,7)19(17)12-15/h8-14H,1-7H3. The van der Waals surface area contributed by atoms with Gasteiger partial charge < -0.3 is 0 Å². The highest BCUT2D eigenvalue weighted by Gasteiger charge is 2.36. The van der Waals surface area contributed by atoms with Crippen molar-refractivity contribution in [1.29, 1.82) is 0 Å². The summed E-state index contributed by atoms with van der Waals surface area (Å²) in [5, 5.41) is 0. The van der Waals surface area contributed by atoms with Gasteiger partial charge in [0.25, 0.3) is 0 Å². The zero-order valence-corrected chi connectivity index (χ0v) is 15.0. The van der Waals surface area contributed by atoms with Crippen LogP contribution in [-0.4, -0.2) is 0 Å². The zero-order valence-electron chi connectivity index (χ0n) is 15.0. The molecule has 0 amide bonds. The van der Waals surface area contributed by atoms with E-state index in [9.17, 15) is 0 Å². The molecule has 0 radical (unpaired) electrons. The molecule has 0 heterocycles. The lowest BCUT2D eigenvalue weighted by Gasteiger charge is -2.25. The van der Waals surface area contributed by atoms with Crippen LogP contribution in [0.3, 0.4) is 0 Å². The molecule has 22 heavy (non-hydrogen) atoms. The SMILES string of the molecule is CC(C)c1ccc2c(c1)C(C)(C)c1cc(C(C)(C)C)ccc1-2. The average molecular weight is 292 g/mol. The monoisotopic (exact) mass is 292 g/mol. The molecule has 0 atom stereocenters. The molecule has 0 saturated carbocycles. The molecule has 0 N–H and O–H groups in total. The van der Waals surface area contributed by atoms with Crippen molar-refractivity contribution in [3.8, 4) is 11.1 Å². The molecule has 2 aromatic carbocycles. The molecule has 1 aliphatic carbocycles. The highest BCUT2D eigenvalue weighted by Crippen LogP contribution is 2.50. The Bertz CT molecular complexity index is 724. The van der Waals surface area contributed by atoms with Gasteiger partial charge in [-0.3, -0.25) is 0 Å². The summed E-state index contributed by atoms with van der Waals surface area (Å²) in [6.45, 7) is 16.2. The Kier molecular flexibility index (Phi) is 3.29. The highest BCUT2D eigenvalue weighted by atomic mass is 14.4. The predicted octanol–water partition coefficient (Wildman–Crippen LogP) is 6.41. The molecule has 0 saturated heterocycles. The molecule has 0 unspecified atom stereocenters. The lowest BCUT2D eigenvalue weighted by molar-refractivity contribution is 0.584. The molecular weight excluding hydrogens is 264 g/mol. The van der Waals surface area contributed by atoms with Gasteiger partial charge in [-0.1, -0.05) is 84.9 Å². The Morgan fingerprint density at radius 3 is 1.91 bits per heavy atom. The fraction of sp³-hybridized carbons (Fsp3) is 0.455. The van der Waals surface area contributed by atoms with Gasteiger partial charge >= 0.3 is 0 Å². The van der Waals surface area contributed by atoms with Crippen LogP contribution in [0.5, 0.6) is 0 Å². The molecule has 0 nitrogen and oxygen atoms in total. The van der Waals surface area contributed by atoms with Gasteiger partial charge in [-0.15, -0.1) is 0 Å². The Hall–Kier alpha value is -1.56. The summed E-state index contributed by atoms with van der Waals surface area (Å²) >= 11 is 0. The minimum atomic E-state index is 0.0941. The third kappa shape index (κ3) is 2.20. The smallest absolute Gasteiger partial charge is 0.0159 e. The lowest BCUT2D eigenvalue weighted by atomic mass is 9.78. The number of hydrogen-bond donors (Lipinski definition) is 0. The maximum Gasteiger partial charge on any atom is 0.0159 e. The molecule has 0 aliphatic heterocycles. The maximum absolute atomic E-state index is 2.43. The average Bonchev–Trinajstić information content (AvgIpc) is 2.66. The van der Waals surface area contributed by atoms with E-state index in [0.29, 0.717) is 5.92 Å². The fourth-order valence-corrected chi connectivity index (χ4v) is 3.58. The van der Waals surface area contributed by atoms with Crippen LogP contribution in [0.4, 0.5) is 0 Å². The van der Waals surface area contributed by atoms with E-state index in [1.54, 1.807) is 0 Å². The van der Waals surface area contributed by atoms with Crippen molar-refractivity contribution < 1.29 is 0 Å². The van der Waals surface area contributed by atoms with Crippen molar-refractivity contribution in [2.45, 2.75) is 65.2 Å². The number of benzene rings is 2. The first-order chi connectivity index (χ1) is 10.1. The molecule has 0 aromatic heterocycles. The third-order valence-corrected chi connectivity index (χ3v) is 5.23. The van der Waals surface area contributed by atoms with Crippen molar-refractivity contribution >= 4 is 0 Å². The van der Waals surface area contributed by atoms with Gasteiger partial charge in [0.15, 0.2) is 0 Å². The summed E-state index contributed by atoms with van der Waals surface area (Å²) < 4.78 is 0. The Morgan fingerprint density at radius 2 is 1.36 bits per heavy atom. The lowest BCUT2D eigenvalue weighted by Crippen LogP contribution is -2.18. The highest BCUT2D eigenvalue weighted by molar-refractivity contribution is 5.81. The van der Waals surface area contributed by atoms with E-state index in [0.717, 1.165) is 0 Å². The third-order valence-electron chi connectivity index (χ3n) is 5.23. The van der Waals surface area contributed by atoms with E-state index < -0.39 is 0 Å².